The first-order valence-electron chi connectivity index (χ1n) is 6.55. The second-order valence-corrected chi connectivity index (χ2v) is 5.41. The van der Waals surface area contributed by atoms with Crippen LogP contribution in [0.1, 0.15) is 23.2 Å². The molecule has 0 saturated carbocycles. The number of likely N-dealkylation sites (tertiary alicyclic amines) is 1. The van der Waals surface area contributed by atoms with E-state index in [1.54, 1.807) is 6.07 Å². The van der Waals surface area contributed by atoms with E-state index in [0.29, 0.717) is 17.4 Å². The Morgan fingerprint density at radius 3 is 2.65 bits per heavy atom. The van der Waals surface area contributed by atoms with Gasteiger partial charge in [-0.15, -0.1) is 0 Å². The third kappa shape index (κ3) is 3.57. The van der Waals surface area contributed by atoms with Crippen molar-refractivity contribution in [2.75, 3.05) is 33.4 Å². The number of carbonyl (C=O) groups is 1. The Morgan fingerprint density at radius 1 is 1.30 bits per heavy atom. The highest BCUT2D eigenvalue weighted by Crippen LogP contribution is 2.35. The van der Waals surface area contributed by atoms with Crippen LogP contribution in [0.2, 0.25) is 10.0 Å². The van der Waals surface area contributed by atoms with Crippen LogP contribution in [-0.4, -0.2) is 44.2 Å². The summed E-state index contributed by atoms with van der Waals surface area (Å²) in [7, 11) is 1.31. The van der Waals surface area contributed by atoms with Gasteiger partial charge in [0.15, 0.2) is 5.75 Å². The SMILES string of the molecule is COC(=O)c1ccc(Cl)c(OCCN2CCCC2)c1Cl. The summed E-state index contributed by atoms with van der Waals surface area (Å²) < 4.78 is 10.3. The normalized spacial score (nSPS) is 15.3. The molecule has 0 N–H and O–H groups in total. The summed E-state index contributed by atoms with van der Waals surface area (Å²) in [5.41, 5.74) is 0.259. The van der Waals surface area contributed by atoms with Gasteiger partial charge in [0.25, 0.3) is 0 Å². The van der Waals surface area contributed by atoms with Gasteiger partial charge in [-0.1, -0.05) is 23.2 Å². The summed E-state index contributed by atoms with van der Waals surface area (Å²) in [6.07, 6.45) is 2.47. The standard InChI is InChI=1S/C14H17Cl2NO3/c1-19-14(18)10-4-5-11(15)13(12(10)16)20-9-8-17-6-2-3-7-17/h4-5H,2-3,6-9H2,1H3. The van der Waals surface area contributed by atoms with E-state index in [1.807, 2.05) is 0 Å². The van der Waals surface area contributed by atoms with Crippen molar-refractivity contribution in [3.05, 3.63) is 27.7 Å². The second-order valence-electron chi connectivity index (χ2n) is 4.63. The number of hydrogen-bond donors (Lipinski definition) is 0. The Kier molecular flexibility index (Phi) is 5.52. The van der Waals surface area contributed by atoms with Crippen molar-refractivity contribution < 1.29 is 14.3 Å². The molecule has 0 atom stereocenters. The van der Waals surface area contributed by atoms with Gasteiger partial charge in [-0.05, 0) is 38.1 Å². The summed E-state index contributed by atoms with van der Waals surface area (Å²) >= 11 is 12.2. The maximum atomic E-state index is 11.6. The van der Waals surface area contributed by atoms with E-state index in [1.165, 1.54) is 26.0 Å². The first-order valence-corrected chi connectivity index (χ1v) is 7.30. The van der Waals surface area contributed by atoms with Gasteiger partial charge in [0.1, 0.15) is 6.61 Å². The molecule has 0 radical (unpaired) electrons. The Bertz CT molecular complexity index is 488. The largest absolute Gasteiger partial charge is 0.489 e. The third-order valence-electron chi connectivity index (χ3n) is 3.31. The summed E-state index contributed by atoms with van der Waals surface area (Å²) in [6, 6.07) is 3.12. The number of methoxy groups -OCH3 is 1. The minimum atomic E-state index is -0.504. The molecule has 0 aliphatic carbocycles. The van der Waals surface area contributed by atoms with Crippen LogP contribution in [0, 0.1) is 0 Å². The van der Waals surface area contributed by atoms with Crippen LogP contribution in [0.3, 0.4) is 0 Å². The Labute approximate surface area is 128 Å². The fourth-order valence-electron chi connectivity index (χ4n) is 2.22. The molecule has 0 aromatic heterocycles. The van der Waals surface area contributed by atoms with Gasteiger partial charge >= 0.3 is 5.97 Å². The van der Waals surface area contributed by atoms with Gasteiger partial charge in [0.05, 0.1) is 22.7 Å². The molecule has 6 heteroatoms. The van der Waals surface area contributed by atoms with Crippen molar-refractivity contribution in [1.82, 2.24) is 4.90 Å². The fraction of sp³-hybridized carbons (Fsp3) is 0.500. The van der Waals surface area contributed by atoms with Crippen LogP contribution in [0.4, 0.5) is 0 Å². The number of nitrogens with zero attached hydrogens (tertiary/aromatic N) is 1. The van der Waals surface area contributed by atoms with Gasteiger partial charge in [-0.25, -0.2) is 4.79 Å². The highest BCUT2D eigenvalue weighted by Gasteiger charge is 2.18. The van der Waals surface area contributed by atoms with Crippen LogP contribution in [-0.2, 0) is 4.74 Å². The molecule has 110 valence electrons. The highest BCUT2D eigenvalue weighted by molar-refractivity contribution is 6.39. The van der Waals surface area contributed by atoms with E-state index in [-0.39, 0.29) is 10.6 Å². The van der Waals surface area contributed by atoms with Crippen molar-refractivity contribution in [2.24, 2.45) is 0 Å². The first kappa shape index (κ1) is 15.4. The maximum absolute atomic E-state index is 11.6. The van der Waals surface area contributed by atoms with E-state index in [0.717, 1.165) is 19.6 Å². The molecule has 0 bridgehead atoms. The van der Waals surface area contributed by atoms with E-state index in [4.69, 9.17) is 27.9 Å². The number of halogens is 2. The number of benzene rings is 1. The number of esters is 1. The van der Waals surface area contributed by atoms with Crippen LogP contribution in [0.5, 0.6) is 5.75 Å². The zero-order valence-corrected chi connectivity index (χ0v) is 12.8. The molecule has 1 aromatic rings. The maximum Gasteiger partial charge on any atom is 0.339 e. The van der Waals surface area contributed by atoms with Crippen molar-refractivity contribution in [2.45, 2.75) is 12.8 Å². The molecule has 1 aromatic carbocycles. The Morgan fingerprint density at radius 2 is 2.00 bits per heavy atom. The Hall–Kier alpha value is -0.970. The van der Waals surface area contributed by atoms with E-state index in [9.17, 15) is 4.79 Å². The summed E-state index contributed by atoms with van der Waals surface area (Å²) in [6.45, 7) is 3.53. The first-order chi connectivity index (χ1) is 9.63. The number of rotatable bonds is 5. The molecule has 1 fully saturated rings. The molecule has 20 heavy (non-hydrogen) atoms. The van der Waals surface area contributed by atoms with Crippen molar-refractivity contribution in [3.8, 4) is 5.75 Å². The van der Waals surface area contributed by atoms with Crippen LogP contribution >= 0.6 is 23.2 Å². The lowest BCUT2D eigenvalue weighted by Crippen LogP contribution is -2.25. The van der Waals surface area contributed by atoms with Crippen LogP contribution < -0.4 is 4.74 Å². The lowest BCUT2D eigenvalue weighted by molar-refractivity contribution is 0.0600. The summed E-state index contributed by atoms with van der Waals surface area (Å²) in [5, 5.41) is 0.592. The van der Waals surface area contributed by atoms with E-state index >= 15 is 0 Å². The van der Waals surface area contributed by atoms with E-state index < -0.39 is 5.97 Å². The lowest BCUT2D eigenvalue weighted by atomic mass is 10.2. The number of carbonyl (C=O) groups excluding carboxylic acids is 1. The quantitative estimate of drug-likeness (QED) is 0.781. The van der Waals surface area contributed by atoms with Gasteiger partial charge in [-0.2, -0.15) is 0 Å². The zero-order chi connectivity index (χ0) is 14.5. The molecule has 2 rings (SSSR count). The molecule has 0 spiro atoms. The van der Waals surface area contributed by atoms with E-state index in [2.05, 4.69) is 9.64 Å². The smallest absolute Gasteiger partial charge is 0.339 e. The minimum Gasteiger partial charge on any atom is -0.489 e. The number of hydrogen-bond acceptors (Lipinski definition) is 4. The fourth-order valence-corrected chi connectivity index (χ4v) is 2.77. The van der Waals surface area contributed by atoms with Gasteiger partial charge < -0.3 is 9.47 Å². The molecule has 4 nitrogen and oxygen atoms in total. The molecule has 1 aliphatic rings. The molecular formula is C14H17Cl2NO3. The van der Waals surface area contributed by atoms with Gasteiger partial charge in [0.2, 0.25) is 0 Å². The van der Waals surface area contributed by atoms with Gasteiger partial charge in [-0.3, -0.25) is 4.90 Å². The van der Waals surface area contributed by atoms with Crippen LogP contribution in [0.25, 0.3) is 0 Å². The molecular weight excluding hydrogens is 301 g/mol. The second kappa shape index (κ2) is 7.16. The highest BCUT2D eigenvalue weighted by atomic mass is 35.5. The average Bonchev–Trinajstić information content (AvgIpc) is 2.95. The zero-order valence-electron chi connectivity index (χ0n) is 11.3. The molecule has 1 heterocycles. The molecule has 0 unspecified atom stereocenters. The third-order valence-corrected chi connectivity index (χ3v) is 3.98. The summed E-state index contributed by atoms with van der Waals surface area (Å²) in [5.74, 6) is -0.161. The van der Waals surface area contributed by atoms with Crippen LogP contribution in [0.15, 0.2) is 12.1 Å². The topological polar surface area (TPSA) is 38.8 Å². The average molecular weight is 318 g/mol. The molecule has 1 saturated heterocycles. The predicted octanol–water partition coefficient (Wildman–Crippen LogP) is 3.25. The van der Waals surface area contributed by atoms with Crippen molar-refractivity contribution in [3.63, 3.8) is 0 Å². The number of ether oxygens (including phenoxy) is 2. The predicted molar refractivity (Wildman–Crippen MR) is 79.0 cm³/mol. The molecule has 0 amide bonds. The van der Waals surface area contributed by atoms with Gasteiger partial charge in [0, 0.05) is 6.54 Å². The molecule has 1 aliphatic heterocycles. The Balaban J connectivity index is 2.03. The van der Waals surface area contributed by atoms with Crippen molar-refractivity contribution >= 4 is 29.2 Å². The minimum absolute atomic E-state index is 0.200. The lowest BCUT2D eigenvalue weighted by Gasteiger charge is -2.16. The summed E-state index contributed by atoms with van der Waals surface area (Å²) in [4.78, 5) is 13.9. The van der Waals surface area contributed by atoms with Crippen molar-refractivity contribution in [1.29, 1.82) is 0 Å². The monoisotopic (exact) mass is 317 g/mol.